The molecule has 1 unspecified atom stereocenters. The predicted molar refractivity (Wildman–Crippen MR) is 142 cm³/mol. The molecule has 0 aliphatic carbocycles. The number of amides is 2. The summed E-state index contributed by atoms with van der Waals surface area (Å²) in [7, 11) is -4.32. The first-order valence-corrected chi connectivity index (χ1v) is 13.7. The lowest BCUT2D eigenvalue weighted by molar-refractivity contribution is -0.139. The molecule has 0 aliphatic heterocycles. The summed E-state index contributed by atoms with van der Waals surface area (Å²) in [6.07, 6.45) is 0.661. The lowest BCUT2D eigenvalue weighted by Gasteiger charge is -2.32. The molecule has 7 nitrogen and oxygen atoms in total. The van der Waals surface area contributed by atoms with Crippen molar-refractivity contribution in [1.82, 2.24) is 10.2 Å². The van der Waals surface area contributed by atoms with E-state index in [9.17, 15) is 26.8 Å². The largest absolute Gasteiger partial charge is 0.354 e. The number of carbonyl (C=O) groups excluding carboxylic acids is 2. The Balaban J connectivity index is 2.04. The van der Waals surface area contributed by atoms with Crippen LogP contribution in [-0.2, 0) is 26.2 Å². The summed E-state index contributed by atoms with van der Waals surface area (Å²) in [6, 6.07) is 15.4. The van der Waals surface area contributed by atoms with Crippen molar-refractivity contribution in [1.29, 1.82) is 0 Å². The highest BCUT2D eigenvalue weighted by molar-refractivity contribution is 7.92. The Morgan fingerprint density at radius 3 is 2.26 bits per heavy atom. The second kappa shape index (κ2) is 12.8. The molecule has 0 radical (unpaired) electrons. The molecule has 11 heteroatoms. The van der Waals surface area contributed by atoms with Crippen LogP contribution in [0.3, 0.4) is 0 Å². The first-order chi connectivity index (χ1) is 18.1. The lowest BCUT2D eigenvalue weighted by Crippen LogP contribution is -2.51. The third-order valence-corrected chi connectivity index (χ3v) is 7.89. The molecule has 0 aliphatic rings. The van der Waals surface area contributed by atoms with Crippen LogP contribution in [-0.4, -0.2) is 44.3 Å². The van der Waals surface area contributed by atoms with Crippen LogP contribution >= 0.6 is 11.6 Å². The number of nitrogens with one attached hydrogen (secondary N) is 1. The number of nitrogens with zero attached hydrogens (tertiary/aromatic N) is 2. The Hall–Kier alpha value is -3.50. The first-order valence-electron chi connectivity index (χ1n) is 11.9. The average molecular weight is 564 g/mol. The van der Waals surface area contributed by atoms with Crippen LogP contribution < -0.4 is 9.62 Å². The molecule has 3 rings (SSSR count). The quantitative estimate of drug-likeness (QED) is 0.364. The van der Waals surface area contributed by atoms with Gasteiger partial charge in [-0.05, 0) is 49.7 Å². The Bertz CT molecular complexity index is 1390. The Morgan fingerprint density at radius 1 is 0.974 bits per heavy atom. The predicted octanol–water partition coefficient (Wildman–Crippen LogP) is 4.76. The van der Waals surface area contributed by atoms with Crippen LogP contribution in [0.25, 0.3) is 0 Å². The third-order valence-electron chi connectivity index (χ3n) is 5.82. The van der Waals surface area contributed by atoms with E-state index < -0.39 is 46.1 Å². The molecule has 3 aromatic carbocycles. The Labute approximate surface area is 226 Å². The van der Waals surface area contributed by atoms with Crippen molar-refractivity contribution in [2.45, 2.75) is 37.8 Å². The van der Waals surface area contributed by atoms with Crippen molar-refractivity contribution in [3.05, 3.63) is 95.0 Å². The molecule has 3 aromatic rings. The summed E-state index contributed by atoms with van der Waals surface area (Å²) >= 11 is 5.93. The lowest BCUT2D eigenvalue weighted by atomic mass is 10.1. The standard InChI is InChI=1S/C27H28ClF2N3O4S/c1-3-15-31-27(35)19(2)32(17-20-9-7-8-12-24(20)29)26(34)18-33(21-13-14-25(30)23(28)16-21)38(36,37)22-10-5-4-6-11-22/h4-14,16,19H,3,15,17-18H2,1-2H3,(H,31,35). The topological polar surface area (TPSA) is 86.8 Å². The van der Waals surface area contributed by atoms with Gasteiger partial charge in [-0.2, -0.15) is 0 Å². The maximum absolute atomic E-state index is 14.5. The molecule has 0 heterocycles. The van der Waals surface area contributed by atoms with Gasteiger partial charge in [-0.1, -0.05) is 54.9 Å². The zero-order valence-corrected chi connectivity index (χ0v) is 22.5. The molecule has 0 saturated carbocycles. The summed E-state index contributed by atoms with van der Waals surface area (Å²) in [4.78, 5) is 27.5. The third kappa shape index (κ3) is 6.87. The minimum absolute atomic E-state index is 0.0532. The van der Waals surface area contributed by atoms with E-state index in [-0.39, 0.29) is 27.7 Å². The number of halogens is 3. The van der Waals surface area contributed by atoms with Gasteiger partial charge in [-0.3, -0.25) is 13.9 Å². The van der Waals surface area contributed by atoms with Gasteiger partial charge < -0.3 is 10.2 Å². The molecular formula is C27H28ClF2N3O4S. The van der Waals surface area contributed by atoms with Gasteiger partial charge in [0.1, 0.15) is 24.2 Å². The number of rotatable bonds is 11. The van der Waals surface area contributed by atoms with Crippen LogP contribution in [0.1, 0.15) is 25.8 Å². The summed E-state index contributed by atoms with van der Waals surface area (Å²) < 4.78 is 56.4. The van der Waals surface area contributed by atoms with Crippen molar-refractivity contribution in [3.8, 4) is 0 Å². The van der Waals surface area contributed by atoms with Gasteiger partial charge >= 0.3 is 0 Å². The SMILES string of the molecule is CCCNC(=O)C(C)N(Cc1ccccc1F)C(=O)CN(c1ccc(F)c(Cl)c1)S(=O)(=O)c1ccccc1. The molecule has 38 heavy (non-hydrogen) atoms. The fourth-order valence-corrected chi connectivity index (χ4v) is 5.28. The zero-order valence-electron chi connectivity index (χ0n) is 20.9. The fourth-order valence-electron chi connectivity index (χ4n) is 3.68. The van der Waals surface area contributed by atoms with E-state index in [0.717, 1.165) is 21.3 Å². The number of benzene rings is 3. The van der Waals surface area contributed by atoms with Gasteiger partial charge in [0.25, 0.3) is 10.0 Å². The van der Waals surface area contributed by atoms with E-state index in [1.165, 1.54) is 55.5 Å². The van der Waals surface area contributed by atoms with Gasteiger partial charge in [-0.15, -0.1) is 0 Å². The summed E-state index contributed by atoms with van der Waals surface area (Å²) in [6.45, 7) is 2.68. The van der Waals surface area contributed by atoms with Gasteiger partial charge in [0.2, 0.25) is 11.8 Å². The highest BCUT2D eigenvalue weighted by Crippen LogP contribution is 2.28. The molecule has 2 amide bonds. The highest BCUT2D eigenvalue weighted by Gasteiger charge is 2.33. The summed E-state index contributed by atoms with van der Waals surface area (Å²) in [5, 5.41) is 2.37. The second-order valence-corrected chi connectivity index (χ2v) is 10.8. The van der Waals surface area contributed by atoms with Crippen LogP contribution in [0, 0.1) is 11.6 Å². The smallest absolute Gasteiger partial charge is 0.264 e. The molecule has 1 atom stereocenters. The van der Waals surface area contributed by atoms with Gasteiger partial charge in [0, 0.05) is 18.7 Å². The van der Waals surface area contributed by atoms with E-state index in [4.69, 9.17) is 11.6 Å². The fraction of sp³-hybridized carbons (Fsp3) is 0.259. The van der Waals surface area contributed by atoms with Crippen molar-refractivity contribution in [2.75, 3.05) is 17.4 Å². The number of carbonyl (C=O) groups is 2. The summed E-state index contributed by atoms with van der Waals surface area (Å²) in [5.41, 5.74) is 0.0980. The zero-order chi connectivity index (χ0) is 27.9. The molecular weight excluding hydrogens is 536 g/mol. The van der Waals surface area contributed by atoms with E-state index in [2.05, 4.69) is 5.32 Å². The van der Waals surface area contributed by atoms with Gasteiger partial charge in [0.05, 0.1) is 15.6 Å². The average Bonchev–Trinajstić information content (AvgIpc) is 2.91. The van der Waals surface area contributed by atoms with Crippen LogP contribution in [0.15, 0.2) is 77.7 Å². The molecule has 1 N–H and O–H groups in total. The number of anilines is 1. The maximum atomic E-state index is 14.5. The highest BCUT2D eigenvalue weighted by atomic mass is 35.5. The Morgan fingerprint density at radius 2 is 1.63 bits per heavy atom. The minimum atomic E-state index is -4.32. The van der Waals surface area contributed by atoms with Crippen molar-refractivity contribution in [3.63, 3.8) is 0 Å². The van der Waals surface area contributed by atoms with E-state index >= 15 is 0 Å². The first kappa shape index (κ1) is 29.1. The van der Waals surface area contributed by atoms with E-state index in [0.29, 0.717) is 13.0 Å². The van der Waals surface area contributed by atoms with Gasteiger partial charge in [0.15, 0.2) is 0 Å². The molecule has 0 spiro atoms. The molecule has 0 aromatic heterocycles. The maximum Gasteiger partial charge on any atom is 0.264 e. The monoisotopic (exact) mass is 563 g/mol. The van der Waals surface area contributed by atoms with Crippen molar-refractivity contribution in [2.24, 2.45) is 0 Å². The summed E-state index contributed by atoms with van der Waals surface area (Å²) in [5.74, 6) is -2.59. The van der Waals surface area contributed by atoms with E-state index in [1.54, 1.807) is 12.1 Å². The van der Waals surface area contributed by atoms with Crippen LogP contribution in [0.4, 0.5) is 14.5 Å². The van der Waals surface area contributed by atoms with Crippen molar-refractivity contribution >= 4 is 39.1 Å². The molecule has 0 bridgehead atoms. The number of sulfonamides is 1. The van der Waals surface area contributed by atoms with Crippen molar-refractivity contribution < 1.29 is 26.8 Å². The normalized spacial score (nSPS) is 12.0. The molecule has 0 saturated heterocycles. The van der Waals surface area contributed by atoms with Crippen LogP contribution in [0.5, 0.6) is 0 Å². The van der Waals surface area contributed by atoms with E-state index in [1.807, 2.05) is 6.92 Å². The molecule has 0 fully saturated rings. The number of hydrogen-bond donors (Lipinski definition) is 1. The van der Waals surface area contributed by atoms with Gasteiger partial charge in [-0.25, -0.2) is 17.2 Å². The second-order valence-electron chi connectivity index (χ2n) is 8.50. The minimum Gasteiger partial charge on any atom is -0.354 e. The van der Waals surface area contributed by atoms with Crippen LogP contribution in [0.2, 0.25) is 5.02 Å². The number of hydrogen-bond acceptors (Lipinski definition) is 4. The molecule has 202 valence electrons. The Kier molecular flexibility index (Phi) is 9.82.